The van der Waals surface area contributed by atoms with Crippen molar-refractivity contribution in [1.82, 2.24) is 5.32 Å². The molecule has 1 N–H and O–H groups in total. The van der Waals surface area contributed by atoms with Crippen LogP contribution in [0.1, 0.15) is 32.8 Å². The Labute approximate surface area is 108 Å². The minimum absolute atomic E-state index is 0.0770. The second kappa shape index (κ2) is 5.87. The fourth-order valence-electron chi connectivity index (χ4n) is 1.21. The molecule has 0 saturated carbocycles. The minimum atomic E-state index is -0.165. The van der Waals surface area contributed by atoms with Gasteiger partial charge in [-0.05, 0) is 44.0 Å². The molecule has 0 heterocycles. The summed E-state index contributed by atoms with van der Waals surface area (Å²) in [5.74, 6) is -0.0770. The first-order chi connectivity index (χ1) is 7.93. The molecule has 0 aromatic heterocycles. The summed E-state index contributed by atoms with van der Waals surface area (Å²) in [5.41, 5.74) is 0.792. The van der Waals surface area contributed by atoms with Crippen LogP contribution < -0.4 is 5.32 Å². The molecule has 0 fully saturated rings. The SMILES string of the molecule is CCC(C)(C)NC(=O)/C=C/c1ccc(Cl)cc1. The first-order valence-corrected chi connectivity index (χ1v) is 6.06. The number of hydrogen-bond donors (Lipinski definition) is 1. The molecule has 1 amide bonds. The number of hydrogen-bond acceptors (Lipinski definition) is 1. The summed E-state index contributed by atoms with van der Waals surface area (Å²) in [5, 5.41) is 3.63. The lowest BCUT2D eigenvalue weighted by atomic mass is 10.0. The molecule has 0 bridgehead atoms. The van der Waals surface area contributed by atoms with Gasteiger partial charge < -0.3 is 5.32 Å². The number of rotatable bonds is 4. The largest absolute Gasteiger partial charge is 0.348 e. The van der Waals surface area contributed by atoms with Crippen molar-refractivity contribution in [2.24, 2.45) is 0 Å². The van der Waals surface area contributed by atoms with Crippen molar-refractivity contribution < 1.29 is 4.79 Å². The molecule has 0 aliphatic heterocycles. The summed E-state index contributed by atoms with van der Waals surface area (Å²) in [6.07, 6.45) is 4.21. The van der Waals surface area contributed by atoms with E-state index >= 15 is 0 Å². The molecule has 0 aliphatic rings. The average Bonchev–Trinajstić information content (AvgIpc) is 2.28. The predicted octanol–water partition coefficient (Wildman–Crippen LogP) is 3.66. The number of amides is 1. The van der Waals surface area contributed by atoms with Gasteiger partial charge in [0, 0.05) is 16.6 Å². The lowest BCUT2D eigenvalue weighted by Gasteiger charge is -2.23. The van der Waals surface area contributed by atoms with Crippen LogP contribution in [-0.4, -0.2) is 11.4 Å². The van der Waals surface area contributed by atoms with Crippen LogP contribution in [0.5, 0.6) is 0 Å². The molecule has 0 unspecified atom stereocenters. The molecule has 92 valence electrons. The van der Waals surface area contributed by atoms with Gasteiger partial charge >= 0.3 is 0 Å². The van der Waals surface area contributed by atoms with Gasteiger partial charge in [0.15, 0.2) is 0 Å². The third kappa shape index (κ3) is 5.05. The zero-order chi connectivity index (χ0) is 12.9. The molecular weight excluding hydrogens is 234 g/mol. The molecule has 1 aromatic carbocycles. The van der Waals surface area contributed by atoms with Gasteiger partial charge in [0.25, 0.3) is 0 Å². The van der Waals surface area contributed by atoms with Gasteiger partial charge in [-0.1, -0.05) is 30.7 Å². The van der Waals surface area contributed by atoms with Gasteiger partial charge in [0.05, 0.1) is 0 Å². The van der Waals surface area contributed by atoms with E-state index in [1.165, 1.54) is 0 Å². The van der Waals surface area contributed by atoms with Crippen molar-refractivity contribution in [3.05, 3.63) is 40.9 Å². The Hall–Kier alpha value is -1.28. The fourth-order valence-corrected chi connectivity index (χ4v) is 1.34. The number of nitrogens with one attached hydrogen (secondary N) is 1. The molecule has 0 saturated heterocycles. The maximum atomic E-state index is 11.6. The summed E-state index contributed by atoms with van der Waals surface area (Å²) in [4.78, 5) is 11.6. The van der Waals surface area contributed by atoms with E-state index in [0.29, 0.717) is 5.02 Å². The quantitative estimate of drug-likeness (QED) is 0.813. The Balaban J connectivity index is 2.60. The van der Waals surface area contributed by atoms with E-state index in [1.54, 1.807) is 24.3 Å². The predicted molar refractivity (Wildman–Crippen MR) is 73.0 cm³/mol. The van der Waals surface area contributed by atoms with E-state index in [2.05, 4.69) is 5.32 Å². The zero-order valence-corrected chi connectivity index (χ0v) is 11.2. The summed E-state index contributed by atoms with van der Waals surface area (Å²) in [7, 11) is 0. The highest BCUT2D eigenvalue weighted by Crippen LogP contribution is 2.11. The first kappa shape index (κ1) is 13.8. The van der Waals surface area contributed by atoms with E-state index in [1.807, 2.05) is 32.9 Å². The van der Waals surface area contributed by atoms with E-state index in [0.717, 1.165) is 12.0 Å². The molecule has 1 aromatic rings. The lowest BCUT2D eigenvalue weighted by molar-refractivity contribution is -0.117. The topological polar surface area (TPSA) is 29.1 Å². The van der Waals surface area contributed by atoms with E-state index in [4.69, 9.17) is 11.6 Å². The summed E-state index contributed by atoms with van der Waals surface area (Å²) >= 11 is 5.78. The summed E-state index contributed by atoms with van der Waals surface area (Å²) in [6, 6.07) is 7.35. The van der Waals surface area contributed by atoms with Gasteiger partial charge in [0.2, 0.25) is 5.91 Å². The van der Waals surface area contributed by atoms with Crippen molar-refractivity contribution >= 4 is 23.6 Å². The number of carbonyl (C=O) groups excluding carboxylic acids is 1. The second-order valence-corrected chi connectivity index (χ2v) is 5.05. The summed E-state index contributed by atoms with van der Waals surface area (Å²) in [6.45, 7) is 6.05. The van der Waals surface area contributed by atoms with Crippen LogP contribution in [-0.2, 0) is 4.79 Å². The van der Waals surface area contributed by atoms with Crippen LogP contribution in [0.25, 0.3) is 6.08 Å². The third-order valence-corrected chi connectivity index (χ3v) is 2.89. The van der Waals surface area contributed by atoms with Crippen LogP contribution in [0.3, 0.4) is 0 Å². The number of benzene rings is 1. The Bertz CT molecular complexity index is 407. The molecule has 0 atom stereocenters. The highest BCUT2D eigenvalue weighted by Gasteiger charge is 2.15. The highest BCUT2D eigenvalue weighted by atomic mass is 35.5. The Morgan fingerprint density at radius 3 is 2.47 bits per heavy atom. The Morgan fingerprint density at radius 2 is 1.94 bits per heavy atom. The number of carbonyl (C=O) groups is 1. The molecule has 0 spiro atoms. The van der Waals surface area contributed by atoms with Crippen molar-refractivity contribution in [2.75, 3.05) is 0 Å². The van der Waals surface area contributed by atoms with Crippen molar-refractivity contribution in [2.45, 2.75) is 32.7 Å². The molecule has 1 rings (SSSR count). The third-order valence-electron chi connectivity index (χ3n) is 2.64. The maximum absolute atomic E-state index is 11.6. The van der Waals surface area contributed by atoms with Gasteiger partial charge in [0.1, 0.15) is 0 Å². The van der Waals surface area contributed by atoms with Gasteiger partial charge in [-0.2, -0.15) is 0 Å². The van der Waals surface area contributed by atoms with Crippen LogP contribution >= 0.6 is 11.6 Å². The molecule has 0 aliphatic carbocycles. The summed E-state index contributed by atoms with van der Waals surface area (Å²) < 4.78 is 0. The molecule has 3 heteroatoms. The molecule has 17 heavy (non-hydrogen) atoms. The average molecular weight is 252 g/mol. The fraction of sp³-hybridized carbons (Fsp3) is 0.357. The van der Waals surface area contributed by atoms with Gasteiger partial charge in [-0.25, -0.2) is 0 Å². The zero-order valence-electron chi connectivity index (χ0n) is 10.5. The minimum Gasteiger partial charge on any atom is -0.348 e. The van der Waals surface area contributed by atoms with E-state index in [9.17, 15) is 4.79 Å². The number of halogens is 1. The van der Waals surface area contributed by atoms with Crippen LogP contribution in [0, 0.1) is 0 Å². The lowest BCUT2D eigenvalue weighted by Crippen LogP contribution is -2.41. The van der Waals surface area contributed by atoms with Crippen molar-refractivity contribution in [1.29, 1.82) is 0 Å². The van der Waals surface area contributed by atoms with Crippen LogP contribution in [0.2, 0.25) is 5.02 Å². The molecule has 2 nitrogen and oxygen atoms in total. The van der Waals surface area contributed by atoms with Gasteiger partial charge in [-0.15, -0.1) is 0 Å². The Kier molecular flexibility index (Phi) is 4.76. The van der Waals surface area contributed by atoms with E-state index in [-0.39, 0.29) is 11.4 Å². The van der Waals surface area contributed by atoms with Gasteiger partial charge in [-0.3, -0.25) is 4.79 Å². The smallest absolute Gasteiger partial charge is 0.244 e. The van der Waals surface area contributed by atoms with Crippen LogP contribution in [0.4, 0.5) is 0 Å². The second-order valence-electron chi connectivity index (χ2n) is 4.61. The monoisotopic (exact) mass is 251 g/mol. The van der Waals surface area contributed by atoms with Crippen molar-refractivity contribution in [3.8, 4) is 0 Å². The standard InChI is InChI=1S/C14H18ClNO/c1-4-14(2,3)16-13(17)10-7-11-5-8-12(15)9-6-11/h5-10H,4H2,1-3H3,(H,16,17)/b10-7+. The van der Waals surface area contributed by atoms with Crippen molar-refractivity contribution in [3.63, 3.8) is 0 Å². The Morgan fingerprint density at radius 1 is 1.35 bits per heavy atom. The van der Waals surface area contributed by atoms with E-state index < -0.39 is 0 Å². The normalized spacial score (nSPS) is 11.8. The molecule has 0 radical (unpaired) electrons. The molecular formula is C14H18ClNO. The maximum Gasteiger partial charge on any atom is 0.244 e. The highest BCUT2D eigenvalue weighted by molar-refractivity contribution is 6.30. The first-order valence-electron chi connectivity index (χ1n) is 5.69. The van der Waals surface area contributed by atoms with Crippen LogP contribution in [0.15, 0.2) is 30.3 Å².